The first-order valence-corrected chi connectivity index (χ1v) is 9.77. The molecule has 134 valence electrons. The Labute approximate surface area is 146 Å². The van der Waals surface area contributed by atoms with Crippen LogP contribution in [0.2, 0.25) is 0 Å². The third kappa shape index (κ3) is 1.48. The van der Waals surface area contributed by atoms with Gasteiger partial charge < -0.3 is 5.32 Å². The lowest BCUT2D eigenvalue weighted by molar-refractivity contribution is -0.138. The predicted octanol–water partition coefficient (Wildman–Crippen LogP) is 4.10. The molecule has 0 radical (unpaired) electrons. The number of carbonyl (C=O) groups excluding carboxylic acids is 2. The second-order valence-corrected chi connectivity index (χ2v) is 10.8. The highest BCUT2D eigenvalue weighted by molar-refractivity contribution is 5.99. The molecule has 0 aromatic rings. The van der Waals surface area contributed by atoms with Crippen molar-refractivity contribution in [2.75, 3.05) is 0 Å². The van der Waals surface area contributed by atoms with Crippen LogP contribution in [0, 0.1) is 33.0 Å². The van der Waals surface area contributed by atoms with Gasteiger partial charge in [0.05, 0.1) is 5.41 Å². The number of rotatable bonds is 2. The molecule has 0 aromatic carbocycles. The fraction of sp³-hybridized carbons (Fsp3) is 0.905. The average Bonchev–Trinajstić information content (AvgIpc) is 2.97. The zero-order valence-corrected chi connectivity index (χ0v) is 16.2. The van der Waals surface area contributed by atoms with Crippen LogP contribution < -0.4 is 5.32 Å². The van der Waals surface area contributed by atoms with Crippen LogP contribution in [-0.2, 0) is 9.59 Å². The molecule has 5 atom stereocenters. The second-order valence-electron chi connectivity index (χ2n) is 10.8. The maximum atomic E-state index is 13.5. The van der Waals surface area contributed by atoms with E-state index in [2.05, 4.69) is 46.9 Å². The van der Waals surface area contributed by atoms with Crippen molar-refractivity contribution in [3.05, 3.63) is 0 Å². The van der Waals surface area contributed by atoms with E-state index in [4.69, 9.17) is 0 Å². The molecule has 3 heteroatoms. The highest BCUT2D eigenvalue weighted by Crippen LogP contribution is 2.71. The summed E-state index contributed by atoms with van der Waals surface area (Å²) in [5.41, 5.74) is -0.551. The third-order valence-electron chi connectivity index (χ3n) is 10.2. The quantitative estimate of drug-likeness (QED) is 0.828. The van der Waals surface area contributed by atoms with E-state index in [-0.39, 0.29) is 28.2 Å². The van der Waals surface area contributed by atoms with E-state index in [1.54, 1.807) is 0 Å². The Kier molecular flexibility index (Phi) is 2.95. The van der Waals surface area contributed by atoms with Gasteiger partial charge in [0.15, 0.2) is 0 Å². The summed E-state index contributed by atoms with van der Waals surface area (Å²) in [6.07, 6.45) is 5.79. The van der Waals surface area contributed by atoms with Crippen LogP contribution in [0.15, 0.2) is 0 Å². The summed E-state index contributed by atoms with van der Waals surface area (Å²) in [7, 11) is 0. The van der Waals surface area contributed by atoms with E-state index in [0.717, 1.165) is 25.2 Å². The van der Waals surface area contributed by atoms with E-state index in [0.29, 0.717) is 17.6 Å². The largest absolute Gasteiger partial charge is 0.352 e. The Morgan fingerprint density at radius 1 is 1.04 bits per heavy atom. The first kappa shape index (κ1) is 16.6. The van der Waals surface area contributed by atoms with Crippen LogP contribution in [-0.4, -0.2) is 17.7 Å². The maximum Gasteiger partial charge on any atom is 0.227 e. The van der Waals surface area contributed by atoms with Crippen molar-refractivity contribution in [2.24, 2.45) is 33.0 Å². The van der Waals surface area contributed by atoms with Crippen molar-refractivity contribution in [1.82, 2.24) is 5.32 Å². The first-order chi connectivity index (χ1) is 10.9. The normalized spacial score (nSPS) is 50.5. The molecule has 0 unspecified atom stereocenters. The van der Waals surface area contributed by atoms with Gasteiger partial charge in [-0.05, 0) is 54.3 Å². The minimum atomic E-state index is -0.485. The van der Waals surface area contributed by atoms with Gasteiger partial charge >= 0.3 is 0 Å². The Bertz CT molecular complexity index is 636. The molecular weight excluding hydrogens is 298 g/mol. The zero-order valence-electron chi connectivity index (χ0n) is 16.2. The molecule has 4 fully saturated rings. The summed E-state index contributed by atoms with van der Waals surface area (Å²) < 4.78 is 0. The van der Waals surface area contributed by atoms with Crippen molar-refractivity contribution >= 4 is 11.7 Å². The Balaban J connectivity index is 1.62. The van der Waals surface area contributed by atoms with Crippen molar-refractivity contribution in [3.8, 4) is 0 Å². The summed E-state index contributed by atoms with van der Waals surface area (Å²) in [4.78, 5) is 26.1. The van der Waals surface area contributed by atoms with E-state index < -0.39 is 5.41 Å². The lowest BCUT2D eigenvalue weighted by Crippen LogP contribution is -2.54. The molecule has 4 aliphatic rings. The fourth-order valence-corrected chi connectivity index (χ4v) is 7.08. The van der Waals surface area contributed by atoms with Crippen LogP contribution in [0.1, 0.15) is 80.1 Å². The molecule has 0 aromatic heterocycles. The number of amides is 1. The van der Waals surface area contributed by atoms with Crippen molar-refractivity contribution in [2.45, 2.75) is 86.1 Å². The van der Waals surface area contributed by atoms with Crippen LogP contribution in [0.4, 0.5) is 0 Å². The van der Waals surface area contributed by atoms with Crippen LogP contribution in [0.25, 0.3) is 0 Å². The van der Waals surface area contributed by atoms with Crippen molar-refractivity contribution in [3.63, 3.8) is 0 Å². The molecule has 1 amide bonds. The molecule has 4 bridgehead atoms. The number of carbonyl (C=O) groups is 2. The predicted molar refractivity (Wildman–Crippen MR) is 94.3 cm³/mol. The summed E-state index contributed by atoms with van der Waals surface area (Å²) in [5.74, 6) is 1.18. The van der Waals surface area contributed by atoms with E-state index >= 15 is 0 Å². The standard InChI is InChI=1S/C21H33NO2/c1-17(2)13-7-8-19(17,5)14(11-13)22-16(24)21-10-9-20(6,15(23)12-21)18(21,3)4/h13-14H,7-12H2,1-6H3,(H,22,24)/t13-,14-,19-,20-,21-/m1/s1. The number of Topliss-reactive ketones (excluding diaryl/α,β-unsaturated/α-hetero) is 1. The van der Waals surface area contributed by atoms with Gasteiger partial charge in [-0.1, -0.05) is 41.5 Å². The summed E-state index contributed by atoms with van der Waals surface area (Å²) in [6.45, 7) is 13.5. The van der Waals surface area contributed by atoms with Gasteiger partial charge in [-0.3, -0.25) is 9.59 Å². The van der Waals surface area contributed by atoms with Crippen LogP contribution in [0.5, 0.6) is 0 Å². The van der Waals surface area contributed by atoms with Gasteiger partial charge in [0, 0.05) is 17.9 Å². The van der Waals surface area contributed by atoms with E-state index in [9.17, 15) is 9.59 Å². The van der Waals surface area contributed by atoms with E-state index in [1.165, 1.54) is 12.8 Å². The van der Waals surface area contributed by atoms with Gasteiger partial charge in [-0.15, -0.1) is 0 Å². The lowest BCUT2D eigenvalue weighted by Gasteiger charge is -2.43. The van der Waals surface area contributed by atoms with E-state index in [1.807, 2.05) is 0 Å². The van der Waals surface area contributed by atoms with Gasteiger partial charge in [-0.2, -0.15) is 0 Å². The van der Waals surface area contributed by atoms with Gasteiger partial charge in [0.2, 0.25) is 5.91 Å². The molecular formula is C21H33NO2. The Morgan fingerprint density at radius 2 is 1.71 bits per heavy atom. The minimum absolute atomic E-state index is 0.164. The van der Waals surface area contributed by atoms with Crippen LogP contribution in [0.3, 0.4) is 0 Å². The molecule has 0 saturated heterocycles. The maximum absolute atomic E-state index is 13.5. The molecule has 0 aliphatic heterocycles. The third-order valence-corrected chi connectivity index (χ3v) is 10.2. The van der Waals surface area contributed by atoms with Crippen molar-refractivity contribution in [1.29, 1.82) is 0 Å². The molecule has 4 rings (SSSR count). The molecule has 4 saturated carbocycles. The first-order valence-electron chi connectivity index (χ1n) is 9.77. The monoisotopic (exact) mass is 331 g/mol. The number of ketones is 1. The second kappa shape index (κ2) is 4.27. The molecule has 0 spiro atoms. The van der Waals surface area contributed by atoms with Gasteiger partial charge in [0.25, 0.3) is 0 Å². The zero-order chi connectivity index (χ0) is 17.8. The molecule has 4 aliphatic carbocycles. The number of fused-ring (bicyclic) bond motifs is 4. The topological polar surface area (TPSA) is 46.2 Å². The smallest absolute Gasteiger partial charge is 0.227 e. The molecule has 24 heavy (non-hydrogen) atoms. The van der Waals surface area contributed by atoms with Gasteiger partial charge in [0.1, 0.15) is 5.78 Å². The highest BCUT2D eigenvalue weighted by Gasteiger charge is 2.73. The lowest BCUT2D eigenvalue weighted by atomic mass is 9.64. The Morgan fingerprint density at radius 3 is 2.12 bits per heavy atom. The highest BCUT2D eigenvalue weighted by atomic mass is 16.2. The number of hydrogen-bond acceptors (Lipinski definition) is 2. The number of nitrogens with one attached hydrogen (secondary N) is 1. The molecule has 3 nitrogen and oxygen atoms in total. The average molecular weight is 332 g/mol. The summed E-state index contributed by atoms with van der Waals surface area (Å²) in [5, 5.41) is 3.47. The fourth-order valence-electron chi connectivity index (χ4n) is 7.08. The molecule has 1 N–H and O–H groups in total. The van der Waals surface area contributed by atoms with Gasteiger partial charge in [-0.25, -0.2) is 0 Å². The SMILES string of the molecule is CC1(C)[C@]2(C(=O)N[C@@H]3C[C@H]4CC[C@@]3(C)C4(C)C)CC[C@]1(C)C(=O)C2. The number of hydrogen-bond donors (Lipinski definition) is 1. The summed E-state index contributed by atoms with van der Waals surface area (Å²) >= 11 is 0. The summed E-state index contributed by atoms with van der Waals surface area (Å²) in [6, 6.07) is 0.270. The van der Waals surface area contributed by atoms with Crippen LogP contribution >= 0.6 is 0 Å². The minimum Gasteiger partial charge on any atom is -0.352 e. The molecule has 0 heterocycles. The van der Waals surface area contributed by atoms with Crippen molar-refractivity contribution < 1.29 is 9.59 Å². The Hall–Kier alpha value is -0.860.